The number of aliphatic hydroxyl groups excluding tert-OH is 1. The normalized spacial score (nSPS) is 9.86. The molecule has 0 aliphatic carbocycles. The van der Waals surface area contributed by atoms with Gasteiger partial charge in [-0.05, 0) is 31.5 Å². The topological polar surface area (TPSA) is 62.2 Å². The van der Waals surface area contributed by atoms with Crippen LogP contribution in [0, 0.1) is 25.7 Å². The van der Waals surface area contributed by atoms with Crippen molar-refractivity contribution in [3.05, 3.63) is 51.0 Å². The number of nitrogens with zero attached hydrogens (tertiary/aromatic N) is 1. The van der Waals surface area contributed by atoms with Gasteiger partial charge in [-0.1, -0.05) is 17.9 Å². The molecule has 0 aliphatic heterocycles. The second-order valence-corrected chi connectivity index (χ2v) is 5.59. The number of amides is 1. The largest absolute Gasteiger partial charge is 0.384 e. The molecule has 1 heterocycles. The van der Waals surface area contributed by atoms with Crippen molar-refractivity contribution in [3.63, 3.8) is 0 Å². The number of carbonyl (C=O) groups excluding carboxylic acids is 1. The van der Waals surface area contributed by atoms with E-state index in [0.29, 0.717) is 12.1 Å². The van der Waals surface area contributed by atoms with E-state index < -0.39 is 0 Å². The highest BCUT2D eigenvalue weighted by molar-refractivity contribution is 7.09. The molecule has 4 nitrogen and oxygen atoms in total. The maximum absolute atomic E-state index is 12.1. The van der Waals surface area contributed by atoms with Crippen LogP contribution in [0.4, 0.5) is 0 Å². The van der Waals surface area contributed by atoms with Gasteiger partial charge in [-0.15, -0.1) is 11.3 Å². The van der Waals surface area contributed by atoms with Crippen molar-refractivity contribution in [3.8, 4) is 11.8 Å². The van der Waals surface area contributed by atoms with Gasteiger partial charge in [0.1, 0.15) is 6.61 Å². The number of benzene rings is 1. The molecule has 2 rings (SSSR count). The Hall–Kier alpha value is -2.16. The van der Waals surface area contributed by atoms with Crippen LogP contribution < -0.4 is 5.32 Å². The van der Waals surface area contributed by atoms with Crippen molar-refractivity contribution in [2.75, 3.05) is 6.61 Å². The number of aliphatic hydroxyl groups is 1. The molecule has 108 valence electrons. The molecule has 1 aromatic carbocycles. The molecule has 0 saturated carbocycles. The summed E-state index contributed by atoms with van der Waals surface area (Å²) >= 11 is 1.56. The van der Waals surface area contributed by atoms with Gasteiger partial charge in [0.25, 0.3) is 5.91 Å². The van der Waals surface area contributed by atoms with Crippen LogP contribution in [-0.4, -0.2) is 22.6 Å². The lowest BCUT2D eigenvalue weighted by Gasteiger charge is -2.05. The van der Waals surface area contributed by atoms with Gasteiger partial charge in [-0.2, -0.15) is 0 Å². The summed E-state index contributed by atoms with van der Waals surface area (Å²) in [5.74, 6) is 5.28. The molecule has 0 bridgehead atoms. The second kappa shape index (κ2) is 7.02. The number of aromatic nitrogens is 1. The number of hydrogen-bond acceptors (Lipinski definition) is 4. The van der Waals surface area contributed by atoms with Crippen LogP contribution in [0.25, 0.3) is 0 Å². The monoisotopic (exact) mass is 300 g/mol. The minimum absolute atomic E-state index is 0.160. The van der Waals surface area contributed by atoms with Gasteiger partial charge in [0, 0.05) is 16.5 Å². The van der Waals surface area contributed by atoms with E-state index in [0.717, 1.165) is 21.8 Å². The van der Waals surface area contributed by atoms with Crippen LogP contribution in [0.15, 0.2) is 23.6 Å². The van der Waals surface area contributed by atoms with Gasteiger partial charge in [-0.3, -0.25) is 4.79 Å². The molecule has 0 saturated heterocycles. The van der Waals surface area contributed by atoms with Crippen LogP contribution in [0.5, 0.6) is 0 Å². The van der Waals surface area contributed by atoms with Gasteiger partial charge >= 0.3 is 0 Å². The number of hydrogen-bond donors (Lipinski definition) is 2. The summed E-state index contributed by atoms with van der Waals surface area (Å²) in [7, 11) is 0. The van der Waals surface area contributed by atoms with E-state index in [4.69, 9.17) is 5.11 Å². The lowest BCUT2D eigenvalue weighted by atomic mass is 10.0. The fourth-order valence-corrected chi connectivity index (χ4v) is 2.41. The molecule has 0 aliphatic rings. The zero-order chi connectivity index (χ0) is 15.2. The highest BCUT2D eigenvalue weighted by Gasteiger charge is 2.08. The van der Waals surface area contributed by atoms with E-state index in [-0.39, 0.29) is 12.5 Å². The van der Waals surface area contributed by atoms with Crippen LogP contribution >= 0.6 is 11.3 Å². The van der Waals surface area contributed by atoms with Gasteiger partial charge in [0.2, 0.25) is 0 Å². The lowest BCUT2D eigenvalue weighted by Crippen LogP contribution is -2.23. The third kappa shape index (κ3) is 4.15. The molecule has 0 atom stereocenters. The first kappa shape index (κ1) is 15.2. The summed E-state index contributed by atoms with van der Waals surface area (Å²) in [5.41, 5.74) is 3.14. The molecular formula is C16H16N2O2S. The predicted octanol–water partition coefficient (Wildman–Crippen LogP) is 2.03. The first-order chi connectivity index (χ1) is 10.1. The summed E-state index contributed by atoms with van der Waals surface area (Å²) in [6, 6.07) is 5.35. The molecule has 2 N–H and O–H groups in total. The van der Waals surface area contributed by atoms with Crippen LogP contribution in [0.1, 0.15) is 32.2 Å². The van der Waals surface area contributed by atoms with Crippen molar-refractivity contribution in [1.82, 2.24) is 10.3 Å². The Bertz CT molecular complexity index is 711. The average Bonchev–Trinajstić information content (AvgIpc) is 2.89. The van der Waals surface area contributed by atoms with Gasteiger partial charge < -0.3 is 10.4 Å². The third-order valence-corrected chi connectivity index (χ3v) is 3.72. The minimum Gasteiger partial charge on any atom is -0.384 e. The Morgan fingerprint density at radius 2 is 2.24 bits per heavy atom. The van der Waals surface area contributed by atoms with Gasteiger partial charge in [-0.25, -0.2) is 4.98 Å². The summed E-state index contributed by atoms with van der Waals surface area (Å²) < 4.78 is 0. The summed E-state index contributed by atoms with van der Waals surface area (Å²) in [4.78, 5) is 16.4. The summed E-state index contributed by atoms with van der Waals surface area (Å²) in [6.45, 7) is 4.07. The maximum Gasteiger partial charge on any atom is 0.251 e. The van der Waals surface area contributed by atoms with Crippen molar-refractivity contribution in [1.29, 1.82) is 0 Å². The maximum atomic E-state index is 12.1. The van der Waals surface area contributed by atoms with Crippen LogP contribution in [0.3, 0.4) is 0 Å². The highest BCUT2D eigenvalue weighted by Crippen LogP contribution is 2.11. The lowest BCUT2D eigenvalue weighted by molar-refractivity contribution is 0.0950. The Labute approximate surface area is 127 Å². The summed E-state index contributed by atoms with van der Waals surface area (Å²) in [5, 5.41) is 14.5. The molecule has 0 spiro atoms. The Balaban J connectivity index is 2.08. The molecule has 2 aromatic rings. The molecule has 5 heteroatoms. The highest BCUT2D eigenvalue weighted by atomic mass is 32.1. The van der Waals surface area contributed by atoms with Crippen molar-refractivity contribution < 1.29 is 9.90 Å². The smallest absolute Gasteiger partial charge is 0.251 e. The molecule has 0 unspecified atom stereocenters. The quantitative estimate of drug-likeness (QED) is 0.853. The van der Waals surface area contributed by atoms with E-state index in [2.05, 4.69) is 22.1 Å². The van der Waals surface area contributed by atoms with Gasteiger partial charge in [0.05, 0.1) is 17.2 Å². The Morgan fingerprint density at radius 3 is 2.90 bits per heavy atom. The zero-order valence-electron chi connectivity index (χ0n) is 11.9. The number of rotatable bonds is 3. The van der Waals surface area contributed by atoms with Gasteiger partial charge in [0.15, 0.2) is 0 Å². The fraction of sp³-hybridized carbons (Fsp3) is 0.250. The number of nitrogens with one attached hydrogen (secondary N) is 1. The molecule has 1 amide bonds. The van der Waals surface area contributed by atoms with Crippen molar-refractivity contribution >= 4 is 17.2 Å². The van der Waals surface area contributed by atoms with E-state index in [1.807, 2.05) is 25.3 Å². The van der Waals surface area contributed by atoms with E-state index in [9.17, 15) is 4.79 Å². The first-order valence-electron chi connectivity index (χ1n) is 6.49. The number of carbonyl (C=O) groups is 1. The average molecular weight is 300 g/mol. The fourth-order valence-electron chi connectivity index (χ4n) is 1.79. The Kier molecular flexibility index (Phi) is 5.09. The van der Waals surface area contributed by atoms with Crippen molar-refractivity contribution in [2.45, 2.75) is 20.4 Å². The first-order valence-corrected chi connectivity index (χ1v) is 7.37. The Morgan fingerprint density at radius 1 is 1.43 bits per heavy atom. The number of thiazole rings is 1. The zero-order valence-corrected chi connectivity index (χ0v) is 12.8. The predicted molar refractivity (Wildman–Crippen MR) is 83.2 cm³/mol. The van der Waals surface area contributed by atoms with E-state index in [1.165, 1.54) is 0 Å². The van der Waals surface area contributed by atoms with Crippen LogP contribution in [0.2, 0.25) is 0 Å². The molecule has 1 aromatic heterocycles. The van der Waals surface area contributed by atoms with Crippen molar-refractivity contribution in [2.24, 2.45) is 0 Å². The second-order valence-electron chi connectivity index (χ2n) is 4.53. The molecule has 0 fully saturated rings. The SMILES string of the molecule is Cc1nc(CNC(=O)c2ccc(C)c(C#CCO)c2)cs1. The van der Waals surface area contributed by atoms with Crippen LogP contribution in [-0.2, 0) is 6.54 Å². The molecular weight excluding hydrogens is 284 g/mol. The minimum atomic E-state index is -0.195. The number of aryl methyl sites for hydroxylation is 2. The molecule has 21 heavy (non-hydrogen) atoms. The standard InChI is InChI=1S/C16H16N2O2S/c1-11-5-6-14(8-13(11)4-3-7-19)16(20)17-9-15-10-21-12(2)18-15/h5-6,8,10,19H,7,9H2,1-2H3,(H,17,20). The summed E-state index contributed by atoms with van der Waals surface area (Å²) in [6.07, 6.45) is 0. The third-order valence-electron chi connectivity index (χ3n) is 2.90. The van der Waals surface area contributed by atoms with E-state index in [1.54, 1.807) is 23.5 Å². The van der Waals surface area contributed by atoms with E-state index >= 15 is 0 Å². The molecule has 0 radical (unpaired) electrons.